The minimum atomic E-state index is -0.373. The van der Waals surface area contributed by atoms with E-state index in [0.29, 0.717) is 12.1 Å². The Bertz CT molecular complexity index is 1110. The van der Waals surface area contributed by atoms with Gasteiger partial charge in [-0.05, 0) is 78.7 Å². The predicted molar refractivity (Wildman–Crippen MR) is 159 cm³/mol. The molecule has 2 aliphatic heterocycles. The second kappa shape index (κ2) is 13.8. The minimum absolute atomic E-state index is 0.119. The Morgan fingerprint density at radius 2 is 1.65 bits per heavy atom. The molecule has 0 amide bonds. The molecule has 40 heavy (non-hydrogen) atoms. The van der Waals surface area contributed by atoms with E-state index in [-0.39, 0.29) is 34.1 Å². The monoisotopic (exact) mass is 553 g/mol. The second-order valence-electron chi connectivity index (χ2n) is 12.3. The summed E-state index contributed by atoms with van der Waals surface area (Å²) >= 11 is 0. The number of hydrogen-bond donors (Lipinski definition) is 1. The summed E-state index contributed by atoms with van der Waals surface area (Å²) in [6.07, 6.45) is 2.76. The van der Waals surface area contributed by atoms with Crippen molar-refractivity contribution >= 4 is 5.69 Å². The van der Waals surface area contributed by atoms with Crippen molar-refractivity contribution in [3.63, 3.8) is 0 Å². The van der Waals surface area contributed by atoms with Crippen LogP contribution < -0.4 is 15.0 Å². The van der Waals surface area contributed by atoms with Crippen LogP contribution in [0.1, 0.15) is 71.9 Å². The Labute approximate surface area is 240 Å². The van der Waals surface area contributed by atoms with Gasteiger partial charge in [0.15, 0.2) is 17.9 Å². The molecule has 2 fully saturated rings. The van der Waals surface area contributed by atoms with E-state index in [9.17, 15) is 9.65 Å². The number of methoxy groups -OCH3 is 1. The van der Waals surface area contributed by atoms with Gasteiger partial charge in [-0.3, -0.25) is 0 Å². The number of piperidine rings is 1. The molecule has 7 heteroatoms. The molecule has 0 atom stereocenters. The Morgan fingerprint density at radius 1 is 1.02 bits per heavy atom. The van der Waals surface area contributed by atoms with Crippen molar-refractivity contribution in [3.8, 4) is 11.8 Å². The van der Waals surface area contributed by atoms with Crippen LogP contribution in [-0.4, -0.2) is 46.2 Å². The van der Waals surface area contributed by atoms with E-state index in [1.807, 2.05) is 44.2 Å². The maximum Gasteiger partial charge on any atom is 0.165 e. The summed E-state index contributed by atoms with van der Waals surface area (Å²) in [4.78, 5) is 2.26. The molecular formula is C33H48FN3O3. The molecule has 1 spiro atoms. The Morgan fingerprint density at radius 3 is 2.20 bits per heavy atom. The normalized spacial score (nSPS) is 17.5. The quantitative estimate of drug-likeness (QED) is 0.363. The van der Waals surface area contributed by atoms with Gasteiger partial charge in [0.25, 0.3) is 0 Å². The number of halogens is 1. The fraction of sp³-hybridized carbons (Fsp3) is 0.606. The van der Waals surface area contributed by atoms with Crippen LogP contribution in [0.4, 0.5) is 10.1 Å². The number of nitrogens with one attached hydrogen (secondary N) is 1. The van der Waals surface area contributed by atoms with Crippen LogP contribution >= 0.6 is 0 Å². The van der Waals surface area contributed by atoms with Crippen LogP contribution in [0, 0.1) is 33.4 Å². The first kappa shape index (κ1) is 31.9. The molecule has 0 bridgehead atoms. The smallest absolute Gasteiger partial charge is 0.165 e. The lowest BCUT2D eigenvalue weighted by Gasteiger charge is -2.48. The highest BCUT2D eigenvalue weighted by atomic mass is 19.1. The predicted octanol–water partition coefficient (Wildman–Crippen LogP) is 6.92. The summed E-state index contributed by atoms with van der Waals surface area (Å²) in [6, 6.07) is 14.9. The van der Waals surface area contributed by atoms with Crippen molar-refractivity contribution in [2.45, 2.75) is 73.6 Å². The zero-order chi connectivity index (χ0) is 29.4. The van der Waals surface area contributed by atoms with Gasteiger partial charge in [-0.25, -0.2) is 4.39 Å². The first-order valence-electron chi connectivity index (χ1n) is 14.6. The van der Waals surface area contributed by atoms with E-state index >= 15 is 0 Å². The molecule has 2 saturated heterocycles. The maximum atomic E-state index is 14.5. The van der Waals surface area contributed by atoms with Gasteiger partial charge in [-0.2, -0.15) is 5.26 Å². The number of anilines is 1. The number of nitriles is 1. The SMILES string of the molecule is CC.COc1ccc(CN(CC(C)(C)C(C)(C)CC2OCC3(CCNCC3)CO2)c2ccc(C#N)cc2)cc1F. The van der Waals surface area contributed by atoms with Crippen LogP contribution in [0.25, 0.3) is 0 Å². The molecule has 0 aliphatic carbocycles. The standard InChI is InChI=1S/C31H42FN3O3.C2H6/c1-29(2,17-28-37-21-31(22-38-28)12-14-34-15-13-31)30(3,4)20-35(25-9-6-23(18-33)7-10-25)19-24-8-11-27(36-5)26(32)16-24;1-2/h6-11,16,28,34H,12-15,17,19-22H2,1-5H3;1-2H3. The van der Waals surface area contributed by atoms with Crippen molar-refractivity contribution in [3.05, 3.63) is 59.4 Å². The number of rotatable bonds is 9. The largest absolute Gasteiger partial charge is 0.494 e. The van der Waals surface area contributed by atoms with Gasteiger partial charge in [0.1, 0.15) is 0 Å². The summed E-state index contributed by atoms with van der Waals surface area (Å²) in [5.41, 5.74) is 2.34. The number of benzene rings is 2. The Hall–Kier alpha value is -2.66. The molecule has 4 rings (SSSR count). The Kier molecular flexibility index (Phi) is 11.0. The van der Waals surface area contributed by atoms with Gasteiger partial charge in [0.05, 0.1) is 32.0 Å². The van der Waals surface area contributed by atoms with Crippen molar-refractivity contribution in [1.29, 1.82) is 5.26 Å². The van der Waals surface area contributed by atoms with E-state index in [1.54, 1.807) is 6.07 Å². The first-order valence-corrected chi connectivity index (χ1v) is 14.6. The van der Waals surface area contributed by atoms with Gasteiger partial charge in [-0.15, -0.1) is 0 Å². The highest BCUT2D eigenvalue weighted by Crippen LogP contribution is 2.45. The number of ether oxygens (including phenoxy) is 3. The number of hydrogen-bond acceptors (Lipinski definition) is 6. The van der Waals surface area contributed by atoms with E-state index in [4.69, 9.17) is 14.2 Å². The average molecular weight is 554 g/mol. The van der Waals surface area contributed by atoms with Crippen LogP contribution in [0.2, 0.25) is 0 Å². The van der Waals surface area contributed by atoms with Gasteiger partial charge >= 0.3 is 0 Å². The fourth-order valence-electron chi connectivity index (χ4n) is 5.39. The molecule has 2 aromatic rings. The molecule has 0 aromatic heterocycles. The summed E-state index contributed by atoms with van der Waals surface area (Å²) in [7, 11) is 1.47. The van der Waals surface area contributed by atoms with E-state index in [2.05, 4.69) is 44.0 Å². The van der Waals surface area contributed by atoms with Gasteiger partial charge in [-0.1, -0.05) is 47.6 Å². The molecule has 2 aromatic carbocycles. The summed E-state index contributed by atoms with van der Waals surface area (Å²) in [6.45, 7) is 17.9. The van der Waals surface area contributed by atoms with Gasteiger partial charge in [0, 0.05) is 30.6 Å². The summed E-state index contributed by atoms with van der Waals surface area (Å²) < 4.78 is 32.2. The van der Waals surface area contributed by atoms with Crippen molar-refractivity contribution < 1.29 is 18.6 Å². The molecule has 6 nitrogen and oxygen atoms in total. The van der Waals surface area contributed by atoms with Crippen LogP contribution in [0.15, 0.2) is 42.5 Å². The minimum Gasteiger partial charge on any atom is -0.494 e. The first-order chi connectivity index (χ1) is 19.1. The van der Waals surface area contributed by atoms with Crippen molar-refractivity contribution in [1.82, 2.24) is 5.32 Å². The van der Waals surface area contributed by atoms with Gasteiger partial charge in [0.2, 0.25) is 0 Å². The molecule has 0 radical (unpaired) electrons. The van der Waals surface area contributed by atoms with Gasteiger partial charge < -0.3 is 24.4 Å². The summed E-state index contributed by atoms with van der Waals surface area (Å²) in [5.74, 6) is -0.138. The molecular weight excluding hydrogens is 505 g/mol. The fourth-order valence-corrected chi connectivity index (χ4v) is 5.39. The van der Waals surface area contributed by atoms with Crippen LogP contribution in [0.5, 0.6) is 5.75 Å². The lowest BCUT2D eigenvalue weighted by Crippen LogP contribution is -2.50. The van der Waals surface area contributed by atoms with E-state index in [0.717, 1.165) is 63.4 Å². The van der Waals surface area contributed by atoms with E-state index in [1.165, 1.54) is 13.2 Å². The molecule has 220 valence electrons. The third-order valence-corrected chi connectivity index (χ3v) is 8.86. The zero-order valence-corrected chi connectivity index (χ0v) is 25.5. The van der Waals surface area contributed by atoms with Crippen LogP contribution in [0.3, 0.4) is 0 Å². The third-order valence-electron chi connectivity index (χ3n) is 8.86. The number of nitrogens with zero attached hydrogens (tertiary/aromatic N) is 2. The molecule has 1 N–H and O–H groups in total. The maximum absolute atomic E-state index is 14.5. The Balaban J connectivity index is 0.00000216. The molecule has 2 heterocycles. The molecule has 0 saturated carbocycles. The second-order valence-corrected chi connectivity index (χ2v) is 12.3. The highest BCUT2D eigenvalue weighted by molar-refractivity contribution is 5.50. The van der Waals surface area contributed by atoms with Crippen LogP contribution in [-0.2, 0) is 16.0 Å². The molecule has 0 unspecified atom stereocenters. The lowest BCUT2D eigenvalue weighted by atomic mass is 9.65. The van der Waals surface area contributed by atoms with Crippen molar-refractivity contribution in [2.75, 3.05) is 44.9 Å². The molecule has 2 aliphatic rings. The summed E-state index contributed by atoms with van der Waals surface area (Å²) in [5, 5.41) is 12.7. The topological polar surface area (TPSA) is 66.8 Å². The zero-order valence-electron chi connectivity index (χ0n) is 25.5. The van der Waals surface area contributed by atoms with E-state index < -0.39 is 0 Å². The lowest BCUT2D eigenvalue weighted by molar-refractivity contribution is -0.248. The third kappa shape index (κ3) is 7.75. The van der Waals surface area contributed by atoms with Crippen molar-refractivity contribution in [2.24, 2.45) is 16.2 Å². The highest BCUT2D eigenvalue weighted by Gasteiger charge is 2.44. The average Bonchev–Trinajstić information content (AvgIpc) is 2.95.